The molecule has 2 aliphatic carbocycles. The predicted octanol–water partition coefficient (Wildman–Crippen LogP) is 2.66. The van der Waals surface area contributed by atoms with Gasteiger partial charge in [0.2, 0.25) is 11.8 Å². The first-order valence-electron chi connectivity index (χ1n) is 12.6. The van der Waals surface area contributed by atoms with Crippen LogP contribution < -0.4 is 21.1 Å². The van der Waals surface area contributed by atoms with Crippen molar-refractivity contribution in [1.82, 2.24) is 20.1 Å². The fraction of sp³-hybridized carbons (Fsp3) is 0.500. The number of rotatable bonds is 12. The number of carbonyl (C=O) groups excluding carboxylic acids is 2. The van der Waals surface area contributed by atoms with Crippen LogP contribution in [-0.4, -0.2) is 51.5 Å². The van der Waals surface area contributed by atoms with Crippen molar-refractivity contribution in [2.24, 2.45) is 28.5 Å². The minimum absolute atomic E-state index is 0.0591. The maximum Gasteiger partial charge on any atom is 0.270 e. The van der Waals surface area contributed by atoms with E-state index in [1.165, 1.54) is 31.6 Å². The molecule has 0 radical (unpaired) electrons. The summed E-state index contributed by atoms with van der Waals surface area (Å²) in [5.74, 6) is -0.0302. The fourth-order valence-corrected chi connectivity index (χ4v) is 4.66. The van der Waals surface area contributed by atoms with Crippen LogP contribution in [0.4, 0.5) is 10.1 Å². The Kier molecular flexibility index (Phi) is 8.20. The second kappa shape index (κ2) is 11.5. The van der Waals surface area contributed by atoms with E-state index in [1.807, 2.05) is 13.8 Å². The lowest BCUT2D eigenvalue weighted by Gasteiger charge is -2.27. The van der Waals surface area contributed by atoms with Crippen LogP contribution in [0.25, 0.3) is 0 Å². The Balaban J connectivity index is 1.51. The lowest BCUT2D eigenvalue weighted by atomic mass is 9.88. The van der Waals surface area contributed by atoms with Crippen molar-refractivity contribution in [2.45, 2.75) is 58.2 Å². The highest BCUT2D eigenvalue weighted by Gasteiger charge is 2.48. The van der Waals surface area contributed by atoms with Gasteiger partial charge in [-0.3, -0.25) is 19.3 Å². The van der Waals surface area contributed by atoms with Crippen molar-refractivity contribution in [3.63, 3.8) is 0 Å². The molecular formula is C26H34FN7O3. The number of pyridine rings is 1. The predicted molar refractivity (Wildman–Crippen MR) is 137 cm³/mol. The highest BCUT2D eigenvalue weighted by atomic mass is 19.1. The van der Waals surface area contributed by atoms with Crippen molar-refractivity contribution >= 4 is 23.2 Å². The van der Waals surface area contributed by atoms with E-state index < -0.39 is 17.8 Å². The largest absolute Gasteiger partial charge is 0.481 e. The molecule has 11 heteroatoms. The Hall–Kier alpha value is -3.76. The number of ether oxygens (including phenoxy) is 1. The Morgan fingerprint density at radius 3 is 2.57 bits per heavy atom. The number of amides is 2. The van der Waals surface area contributed by atoms with E-state index in [2.05, 4.69) is 25.7 Å². The molecule has 10 nitrogen and oxygen atoms in total. The van der Waals surface area contributed by atoms with Gasteiger partial charge in [0.05, 0.1) is 31.7 Å². The van der Waals surface area contributed by atoms with Gasteiger partial charge in [-0.05, 0) is 75.6 Å². The van der Waals surface area contributed by atoms with Crippen LogP contribution in [0, 0.1) is 23.6 Å². The molecule has 2 aliphatic rings. The van der Waals surface area contributed by atoms with Crippen molar-refractivity contribution in [3.8, 4) is 5.88 Å². The maximum atomic E-state index is 13.7. The first kappa shape index (κ1) is 26.3. The van der Waals surface area contributed by atoms with E-state index >= 15 is 0 Å². The third kappa shape index (κ3) is 6.93. The molecule has 2 aromatic heterocycles. The number of carbonyl (C=O) groups is 2. The zero-order valence-electron chi connectivity index (χ0n) is 21.4. The van der Waals surface area contributed by atoms with Crippen molar-refractivity contribution < 1.29 is 18.7 Å². The van der Waals surface area contributed by atoms with Crippen LogP contribution in [-0.2, 0) is 16.1 Å². The number of hydrogen-bond acceptors (Lipinski definition) is 7. The van der Waals surface area contributed by atoms with E-state index in [1.54, 1.807) is 10.9 Å². The minimum Gasteiger partial charge on any atom is -0.481 e. The van der Waals surface area contributed by atoms with E-state index in [-0.39, 0.29) is 30.1 Å². The number of aliphatic imine (C=N–C) groups is 1. The molecule has 0 spiro atoms. The zero-order valence-corrected chi connectivity index (χ0v) is 21.4. The summed E-state index contributed by atoms with van der Waals surface area (Å²) in [6, 6.07) is 0.510. The quantitative estimate of drug-likeness (QED) is 0.375. The van der Waals surface area contributed by atoms with Crippen molar-refractivity contribution in [1.29, 1.82) is 0 Å². The summed E-state index contributed by atoms with van der Waals surface area (Å²) in [6.45, 7) is 3.94. The molecule has 2 heterocycles. The standard InChI is InChI=1S/C26H34FN7O3/c1-15(2)31-21(8-9-28)24(35)33-23(22(16-4-5-16)17-6-7-17)25(36)32-20-12-30-34(14-20)13-18-10-19(27)11-29-26(18)37-3/h8-12,14-17,22-23H,4-7,13,28H2,1-3H3,(H,32,36)(H,33,35)/b9-8-,31-21?. The average molecular weight is 512 g/mol. The summed E-state index contributed by atoms with van der Waals surface area (Å²) in [6.07, 6.45) is 11.2. The summed E-state index contributed by atoms with van der Waals surface area (Å²) >= 11 is 0. The summed E-state index contributed by atoms with van der Waals surface area (Å²) < 4.78 is 20.5. The summed E-state index contributed by atoms with van der Waals surface area (Å²) in [7, 11) is 1.46. The molecule has 2 aromatic rings. The second-order valence-corrected chi connectivity index (χ2v) is 9.91. The minimum atomic E-state index is -0.716. The van der Waals surface area contributed by atoms with Gasteiger partial charge in [-0.1, -0.05) is 0 Å². The van der Waals surface area contributed by atoms with E-state index in [0.717, 1.165) is 31.9 Å². The summed E-state index contributed by atoms with van der Waals surface area (Å²) in [4.78, 5) is 35.0. The number of anilines is 1. The molecule has 1 atom stereocenters. The van der Waals surface area contributed by atoms with Gasteiger partial charge in [0.1, 0.15) is 17.6 Å². The van der Waals surface area contributed by atoms with Crippen LogP contribution in [0.15, 0.2) is 41.9 Å². The molecule has 2 fully saturated rings. The van der Waals surface area contributed by atoms with E-state index in [0.29, 0.717) is 29.0 Å². The highest BCUT2D eigenvalue weighted by molar-refractivity contribution is 6.43. The van der Waals surface area contributed by atoms with E-state index in [9.17, 15) is 14.0 Å². The summed E-state index contributed by atoms with van der Waals surface area (Å²) in [5.41, 5.74) is 6.70. The average Bonchev–Trinajstić information content (AvgIpc) is 3.79. The van der Waals surface area contributed by atoms with Crippen LogP contribution in [0.5, 0.6) is 5.88 Å². The van der Waals surface area contributed by atoms with Crippen LogP contribution in [0.2, 0.25) is 0 Å². The maximum absolute atomic E-state index is 13.7. The molecule has 2 saturated carbocycles. The number of aromatic nitrogens is 3. The Bertz CT molecular complexity index is 1170. The molecule has 0 bridgehead atoms. The van der Waals surface area contributed by atoms with Crippen LogP contribution in [0.1, 0.15) is 45.1 Å². The fourth-order valence-electron chi connectivity index (χ4n) is 4.66. The first-order chi connectivity index (χ1) is 17.8. The SMILES string of the molecule is COc1ncc(F)cc1Cn1cc(NC(=O)C(NC(=O)C(/C=C\N)=NC(C)C)C(C2CC2)C2CC2)cn1. The van der Waals surface area contributed by atoms with Gasteiger partial charge in [-0.15, -0.1) is 0 Å². The molecule has 2 amide bonds. The van der Waals surface area contributed by atoms with Gasteiger partial charge >= 0.3 is 0 Å². The molecule has 0 saturated heterocycles. The Morgan fingerprint density at radius 1 is 1.27 bits per heavy atom. The third-order valence-electron chi connectivity index (χ3n) is 6.49. The molecule has 1 unspecified atom stereocenters. The van der Waals surface area contributed by atoms with Gasteiger partial charge in [-0.25, -0.2) is 9.37 Å². The molecule has 37 heavy (non-hydrogen) atoms. The number of nitrogens with one attached hydrogen (secondary N) is 2. The Morgan fingerprint density at radius 2 is 1.97 bits per heavy atom. The smallest absolute Gasteiger partial charge is 0.270 e. The normalized spacial score (nSPS) is 16.9. The van der Waals surface area contributed by atoms with Gasteiger partial charge in [0.15, 0.2) is 0 Å². The zero-order chi connectivity index (χ0) is 26.5. The van der Waals surface area contributed by atoms with Crippen LogP contribution in [0.3, 0.4) is 0 Å². The monoisotopic (exact) mass is 511 g/mol. The first-order valence-corrected chi connectivity index (χ1v) is 12.6. The number of halogens is 1. The van der Waals surface area contributed by atoms with Gasteiger partial charge in [0.25, 0.3) is 5.91 Å². The number of hydrogen-bond donors (Lipinski definition) is 3. The van der Waals surface area contributed by atoms with Crippen molar-refractivity contribution in [3.05, 3.63) is 48.3 Å². The molecular weight excluding hydrogens is 477 g/mol. The van der Waals surface area contributed by atoms with E-state index in [4.69, 9.17) is 10.5 Å². The molecule has 198 valence electrons. The second-order valence-electron chi connectivity index (χ2n) is 9.91. The van der Waals surface area contributed by atoms with Gasteiger partial charge in [0, 0.05) is 17.8 Å². The molecule has 4 N–H and O–H groups in total. The lowest BCUT2D eigenvalue weighted by molar-refractivity contribution is -0.124. The van der Waals surface area contributed by atoms with Crippen LogP contribution >= 0.6 is 0 Å². The van der Waals surface area contributed by atoms with Gasteiger partial charge < -0.3 is 21.1 Å². The number of nitrogens with two attached hydrogens (primary N) is 1. The lowest BCUT2D eigenvalue weighted by Crippen LogP contribution is -2.51. The number of methoxy groups -OCH3 is 1. The highest BCUT2D eigenvalue weighted by Crippen LogP contribution is 2.50. The topological polar surface area (TPSA) is 137 Å². The molecule has 4 rings (SSSR count). The Labute approximate surface area is 215 Å². The van der Waals surface area contributed by atoms with Gasteiger partial charge in [-0.2, -0.15) is 5.10 Å². The number of nitrogens with zero attached hydrogens (tertiary/aromatic N) is 4. The third-order valence-corrected chi connectivity index (χ3v) is 6.49. The molecule has 0 aliphatic heterocycles. The molecule has 0 aromatic carbocycles. The summed E-state index contributed by atoms with van der Waals surface area (Å²) in [5, 5.41) is 10.1. The van der Waals surface area contributed by atoms with Crippen molar-refractivity contribution in [2.75, 3.05) is 12.4 Å².